The van der Waals surface area contributed by atoms with Crippen LogP contribution in [0, 0.1) is 20.8 Å². The first-order valence-corrected chi connectivity index (χ1v) is 6.24. The highest BCUT2D eigenvalue weighted by molar-refractivity contribution is 6.12. The van der Waals surface area contributed by atoms with E-state index >= 15 is 0 Å². The van der Waals surface area contributed by atoms with Gasteiger partial charge >= 0.3 is 0 Å². The number of benzene rings is 1. The van der Waals surface area contributed by atoms with Gasteiger partial charge in [-0.3, -0.25) is 14.5 Å². The van der Waals surface area contributed by atoms with Gasteiger partial charge in [-0.2, -0.15) is 0 Å². The first-order valence-electron chi connectivity index (χ1n) is 6.24. The van der Waals surface area contributed by atoms with Crippen molar-refractivity contribution in [2.45, 2.75) is 20.8 Å². The number of carbonyl (C=O) groups excluding carboxylic acids is 2. The molecule has 100 valence electrons. The lowest BCUT2D eigenvalue weighted by molar-refractivity contribution is -0.137. The minimum atomic E-state index is -0.272. The zero-order chi connectivity index (χ0) is 14.0. The van der Waals surface area contributed by atoms with Gasteiger partial charge in [0.05, 0.1) is 6.54 Å². The highest BCUT2D eigenvalue weighted by Gasteiger charge is 2.22. The van der Waals surface area contributed by atoms with Gasteiger partial charge in [0, 0.05) is 12.2 Å². The van der Waals surface area contributed by atoms with Crippen molar-refractivity contribution in [3.05, 3.63) is 41.0 Å². The van der Waals surface area contributed by atoms with Gasteiger partial charge in [0.15, 0.2) is 0 Å². The third kappa shape index (κ3) is 2.67. The maximum absolute atomic E-state index is 11.4. The average Bonchev–Trinajstić information content (AvgIpc) is 2.69. The van der Waals surface area contributed by atoms with Gasteiger partial charge in [-0.25, -0.2) is 0 Å². The Morgan fingerprint density at radius 1 is 1.00 bits per heavy atom. The summed E-state index contributed by atoms with van der Waals surface area (Å²) in [6, 6.07) is 4.06. The van der Waals surface area contributed by atoms with Crippen molar-refractivity contribution in [1.82, 2.24) is 4.90 Å². The molecule has 0 unspecified atom stereocenters. The summed E-state index contributed by atoms with van der Waals surface area (Å²) in [5.74, 6) is 0.296. The molecular formula is C15H17NO3. The Labute approximate surface area is 112 Å². The number of imide groups is 1. The van der Waals surface area contributed by atoms with E-state index < -0.39 is 0 Å². The van der Waals surface area contributed by atoms with Crippen molar-refractivity contribution in [2.24, 2.45) is 0 Å². The van der Waals surface area contributed by atoms with E-state index in [9.17, 15) is 9.59 Å². The van der Waals surface area contributed by atoms with Crippen molar-refractivity contribution in [3.63, 3.8) is 0 Å². The van der Waals surface area contributed by atoms with Gasteiger partial charge in [-0.1, -0.05) is 12.1 Å². The number of rotatable bonds is 4. The molecule has 1 aromatic rings. The molecule has 0 atom stereocenters. The second kappa shape index (κ2) is 5.26. The number of carbonyl (C=O) groups is 2. The lowest BCUT2D eigenvalue weighted by Crippen LogP contribution is -2.33. The van der Waals surface area contributed by atoms with Crippen molar-refractivity contribution >= 4 is 11.8 Å². The standard InChI is InChI=1S/C15H17NO3/c1-10-4-5-11(2)15(12(10)3)19-9-8-16-13(17)6-7-14(16)18/h4-7H,8-9H2,1-3H3. The molecule has 0 saturated heterocycles. The minimum absolute atomic E-state index is 0.272. The molecule has 1 heterocycles. The second-order valence-electron chi connectivity index (χ2n) is 4.66. The average molecular weight is 259 g/mol. The third-order valence-corrected chi connectivity index (χ3v) is 3.34. The van der Waals surface area contributed by atoms with Crippen molar-refractivity contribution in [2.75, 3.05) is 13.2 Å². The monoisotopic (exact) mass is 259 g/mol. The Hall–Kier alpha value is -2.10. The Bertz CT molecular complexity index is 543. The predicted molar refractivity (Wildman–Crippen MR) is 72.0 cm³/mol. The number of amides is 2. The number of nitrogens with zero attached hydrogens (tertiary/aromatic N) is 1. The summed E-state index contributed by atoms with van der Waals surface area (Å²) in [6.07, 6.45) is 2.57. The van der Waals surface area contributed by atoms with E-state index in [4.69, 9.17) is 4.74 Å². The molecule has 0 radical (unpaired) electrons. The molecule has 0 fully saturated rings. The molecule has 0 aliphatic carbocycles. The number of hydrogen-bond donors (Lipinski definition) is 0. The van der Waals surface area contributed by atoms with Crippen LogP contribution < -0.4 is 4.74 Å². The molecule has 4 nitrogen and oxygen atoms in total. The highest BCUT2D eigenvalue weighted by Crippen LogP contribution is 2.25. The largest absolute Gasteiger partial charge is 0.491 e. The molecule has 2 rings (SSSR count). The van der Waals surface area contributed by atoms with Crippen LogP contribution in [0.5, 0.6) is 5.75 Å². The Morgan fingerprint density at radius 3 is 2.21 bits per heavy atom. The van der Waals surface area contributed by atoms with Crippen LogP contribution in [0.25, 0.3) is 0 Å². The van der Waals surface area contributed by atoms with E-state index in [-0.39, 0.29) is 18.4 Å². The molecule has 4 heteroatoms. The molecule has 0 spiro atoms. The summed E-state index contributed by atoms with van der Waals surface area (Å²) in [5.41, 5.74) is 3.31. The van der Waals surface area contributed by atoms with Crippen LogP contribution in [0.15, 0.2) is 24.3 Å². The van der Waals surface area contributed by atoms with E-state index in [1.165, 1.54) is 17.1 Å². The zero-order valence-corrected chi connectivity index (χ0v) is 11.4. The summed E-state index contributed by atoms with van der Waals surface area (Å²) < 4.78 is 5.73. The molecule has 19 heavy (non-hydrogen) atoms. The highest BCUT2D eigenvalue weighted by atomic mass is 16.5. The Balaban J connectivity index is 1.99. The van der Waals surface area contributed by atoms with Crippen LogP contribution in [0.3, 0.4) is 0 Å². The Morgan fingerprint density at radius 2 is 1.58 bits per heavy atom. The molecule has 2 amide bonds. The first-order chi connectivity index (χ1) is 9.00. The maximum atomic E-state index is 11.4. The maximum Gasteiger partial charge on any atom is 0.253 e. The molecule has 1 aliphatic heterocycles. The summed E-state index contributed by atoms with van der Waals surface area (Å²) in [4.78, 5) is 23.9. The van der Waals surface area contributed by atoms with Crippen LogP contribution in [0.4, 0.5) is 0 Å². The van der Waals surface area contributed by atoms with Gasteiger partial charge in [0.2, 0.25) is 0 Å². The lowest BCUT2D eigenvalue weighted by Gasteiger charge is -2.17. The summed E-state index contributed by atoms with van der Waals surface area (Å²) in [6.45, 7) is 6.60. The number of ether oxygens (including phenoxy) is 1. The first kappa shape index (κ1) is 13.3. The quantitative estimate of drug-likeness (QED) is 0.776. The Kier molecular flexibility index (Phi) is 3.69. The SMILES string of the molecule is Cc1ccc(C)c(OCCN2C(=O)C=CC2=O)c1C. The van der Waals surface area contributed by atoms with Gasteiger partial charge in [0.25, 0.3) is 11.8 Å². The van der Waals surface area contributed by atoms with Crippen LogP contribution in [-0.4, -0.2) is 29.9 Å². The molecule has 0 N–H and O–H groups in total. The molecule has 1 aliphatic rings. The fourth-order valence-electron chi connectivity index (χ4n) is 2.04. The van der Waals surface area contributed by atoms with Gasteiger partial charge in [-0.15, -0.1) is 0 Å². The number of hydrogen-bond acceptors (Lipinski definition) is 3. The summed E-state index contributed by atoms with van der Waals surface area (Å²) in [7, 11) is 0. The summed E-state index contributed by atoms with van der Waals surface area (Å²) >= 11 is 0. The molecule has 0 saturated carbocycles. The predicted octanol–water partition coefficient (Wildman–Crippen LogP) is 1.92. The molecule has 1 aromatic carbocycles. The van der Waals surface area contributed by atoms with Crippen LogP contribution >= 0.6 is 0 Å². The summed E-state index contributed by atoms with van der Waals surface area (Å²) in [5, 5.41) is 0. The normalized spacial score (nSPS) is 14.4. The fourth-order valence-corrected chi connectivity index (χ4v) is 2.04. The van der Waals surface area contributed by atoms with E-state index in [1.807, 2.05) is 26.8 Å². The third-order valence-electron chi connectivity index (χ3n) is 3.34. The number of aryl methyl sites for hydroxylation is 2. The molecule has 0 bridgehead atoms. The van der Waals surface area contributed by atoms with Crippen LogP contribution in [0.2, 0.25) is 0 Å². The van der Waals surface area contributed by atoms with Gasteiger partial charge in [-0.05, 0) is 37.5 Å². The van der Waals surface area contributed by atoms with E-state index in [1.54, 1.807) is 0 Å². The van der Waals surface area contributed by atoms with Gasteiger partial charge in [0.1, 0.15) is 12.4 Å². The van der Waals surface area contributed by atoms with Crippen LogP contribution in [0.1, 0.15) is 16.7 Å². The van der Waals surface area contributed by atoms with Crippen LogP contribution in [-0.2, 0) is 9.59 Å². The van der Waals surface area contributed by atoms with Crippen molar-refractivity contribution < 1.29 is 14.3 Å². The second-order valence-corrected chi connectivity index (χ2v) is 4.66. The fraction of sp³-hybridized carbons (Fsp3) is 0.333. The van der Waals surface area contributed by atoms with E-state index in [0.717, 1.165) is 22.4 Å². The lowest BCUT2D eigenvalue weighted by atomic mass is 10.1. The molecule has 0 aromatic heterocycles. The van der Waals surface area contributed by atoms with Crippen molar-refractivity contribution in [1.29, 1.82) is 0 Å². The van der Waals surface area contributed by atoms with E-state index in [0.29, 0.717) is 6.61 Å². The van der Waals surface area contributed by atoms with E-state index in [2.05, 4.69) is 6.07 Å². The zero-order valence-electron chi connectivity index (χ0n) is 11.4. The minimum Gasteiger partial charge on any atom is -0.491 e. The smallest absolute Gasteiger partial charge is 0.253 e. The van der Waals surface area contributed by atoms with Gasteiger partial charge < -0.3 is 4.74 Å². The van der Waals surface area contributed by atoms with Crippen molar-refractivity contribution in [3.8, 4) is 5.75 Å². The topological polar surface area (TPSA) is 46.6 Å². The molecular weight excluding hydrogens is 242 g/mol.